The number of rotatable bonds is 6. The zero-order valence-corrected chi connectivity index (χ0v) is 21.0. The van der Waals surface area contributed by atoms with Crippen LogP contribution in [0.15, 0.2) is 84.3 Å². The van der Waals surface area contributed by atoms with Crippen LogP contribution in [-0.4, -0.2) is 14.1 Å². The minimum absolute atomic E-state index is 0.110. The molecule has 164 valence electrons. The van der Waals surface area contributed by atoms with Crippen molar-refractivity contribution < 1.29 is 4.74 Å². The van der Waals surface area contributed by atoms with E-state index in [1.54, 1.807) is 0 Å². The first-order valence-electron chi connectivity index (χ1n) is 11.2. The third kappa shape index (κ3) is 4.51. The Morgan fingerprint density at radius 3 is 2.00 bits per heavy atom. The quantitative estimate of drug-likeness (QED) is 0.354. The molecule has 4 heteroatoms. The van der Waals surface area contributed by atoms with Gasteiger partial charge < -0.3 is 15.0 Å². The largest absolute Gasteiger partial charge is 0.469 e. The summed E-state index contributed by atoms with van der Waals surface area (Å²) in [5.41, 5.74) is 7.75. The second-order valence-corrected chi connectivity index (χ2v) is 10.3. The first kappa shape index (κ1) is 21.4. The third-order valence-corrected chi connectivity index (χ3v) is 7.33. The van der Waals surface area contributed by atoms with Gasteiger partial charge in [0.2, 0.25) is 0 Å². The number of allylic oxidation sites excluding steroid dienone is 2. The molecule has 32 heavy (non-hydrogen) atoms. The topological polar surface area (TPSA) is 24.5 Å². The first-order chi connectivity index (χ1) is 15.5. The molecule has 1 saturated carbocycles. The van der Waals surface area contributed by atoms with Crippen molar-refractivity contribution in [1.29, 1.82) is 0 Å². The Morgan fingerprint density at radius 2 is 1.41 bits per heavy atom. The van der Waals surface area contributed by atoms with E-state index in [0.29, 0.717) is 11.8 Å². The lowest BCUT2D eigenvalue weighted by molar-refractivity contribution is 0.130. The molecule has 3 nitrogen and oxygen atoms in total. The van der Waals surface area contributed by atoms with Crippen LogP contribution in [-0.2, 0) is 11.2 Å². The number of nitrogens with zero attached hydrogens (tertiary/aromatic N) is 1. The van der Waals surface area contributed by atoms with Crippen molar-refractivity contribution in [2.75, 3.05) is 19.0 Å². The summed E-state index contributed by atoms with van der Waals surface area (Å²) in [7, 11) is 4.11. The van der Waals surface area contributed by atoms with Crippen LogP contribution < -0.4 is 10.2 Å². The second kappa shape index (κ2) is 8.81. The van der Waals surface area contributed by atoms with E-state index in [-0.39, 0.29) is 6.23 Å². The van der Waals surface area contributed by atoms with Crippen molar-refractivity contribution in [2.45, 2.75) is 37.8 Å². The van der Waals surface area contributed by atoms with Crippen LogP contribution in [0, 0.1) is 3.57 Å². The SMILES string of the molecule is CC1=C(Cc2ccc(C3CC3c3ccc(I)cc3)cc2)NC(c2ccc(N(C)C)cc2)O1. The zero-order chi connectivity index (χ0) is 22.2. The van der Waals surface area contributed by atoms with E-state index in [9.17, 15) is 0 Å². The molecule has 3 aromatic rings. The van der Waals surface area contributed by atoms with Crippen molar-refractivity contribution >= 4 is 28.3 Å². The molecule has 3 aromatic carbocycles. The van der Waals surface area contributed by atoms with Crippen LogP contribution in [0.4, 0.5) is 5.69 Å². The van der Waals surface area contributed by atoms with E-state index >= 15 is 0 Å². The molecule has 5 rings (SSSR count). The lowest BCUT2D eigenvalue weighted by Crippen LogP contribution is -2.17. The summed E-state index contributed by atoms with van der Waals surface area (Å²) in [6, 6.07) is 26.7. The smallest absolute Gasteiger partial charge is 0.195 e. The lowest BCUT2D eigenvalue weighted by Gasteiger charge is -2.16. The summed E-state index contributed by atoms with van der Waals surface area (Å²) in [4.78, 5) is 2.11. The van der Waals surface area contributed by atoms with E-state index in [1.165, 1.54) is 38.1 Å². The molecule has 0 spiro atoms. The van der Waals surface area contributed by atoms with Gasteiger partial charge in [-0.25, -0.2) is 0 Å². The number of hydrogen-bond acceptors (Lipinski definition) is 3. The Balaban J connectivity index is 1.20. The minimum atomic E-state index is -0.110. The molecular weight excluding hydrogens is 507 g/mol. The van der Waals surface area contributed by atoms with Crippen molar-refractivity contribution in [3.63, 3.8) is 0 Å². The van der Waals surface area contributed by atoms with E-state index in [0.717, 1.165) is 17.7 Å². The van der Waals surface area contributed by atoms with Crippen molar-refractivity contribution in [3.05, 3.63) is 110 Å². The van der Waals surface area contributed by atoms with E-state index in [1.807, 2.05) is 0 Å². The Bertz CT molecular complexity index is 1120. The summed E-state index contributed by atoms with van der Waals surface area (Å²) in [6.45, 7) is 2.06. The lowest BCUT2D eigenvalue weighted by atomic mass is 10.0. The summed E-state index contributed by atoms with van der Waals surface area (Å²) in [6.07, 6.45) is 2.01. The molecular formula is C28H29IN2O. The number of hydrogen-bond donors (Lipinski definition) is 1. The highest BCUT2D eigenvalue weighted by Gasteiger charge is 2.39. The number of benzene rings is 3. The average molecular weight is 536 g/mol. The fourth-order valence-corrected chi connectivity index (χ4v) is 4.90. The Kier molecular flexibility index (Phi) is 5.89. The maximum absolute atomic E-state index is 6.13. The average Bonchev–Trinajstić information content (AvgIpc) is 3.52. The van der Waals surface area contributed by atoms with Gasteiger partial charge in [0.15, 0.2) is 6.23 Å². The van der Waals surface area contributed by atoms with Crippen LogP contribution in [0.5, 0.6) is 0 Å². The highest BCUT2D eigenvalue weighted by atomic mass is 127. The molecule has 0 saturated heterocycles. The summed E-state index contributed by atoms with van der Waals surface area (Å²) < 4.78 is 7.43. The van der Waals surface area contributed by atoms with Crippen LogP contribution in [0.25, 0.3) is 0 Å². The molecule has 1 aliphatic heterocycles. The molecule has 1 fully saturated rings. The molecule has 3 unspecified atom stereocenters. The van der Waals surface area contributed by atoms with Crippen LogP contribution >= 0.6 is 22.6 Å². The monoisotopic (exact) mass is 536 g/mol. The van der Waals surface area contributed by atoms with Gasteiger partial charge in [-0.3, -0.25) is 0 Å². The van der Waals surface area contributed by atoms with Gasteiger partial charge in [-0.2, -0.15) is 0 Å². The van der Waals surface area contributed by atoms with Gasteiger partial charge in [-0.05, 0) is 88.7 Å². The normalized spacial score (nSPS) is 21.8. The van der Waals surface area contributed by atoms with Gasteiger partial charge in [0.1, 0.15) is 5.76 Å². The maximum atomic E-state index is 6.13. The molecule has 1 heterocycles. The second-order valence-electron chi connectivity index (χ2n) is 9.08. The Morgan fingerprint density at radius 1 is 0.844 bits per heavy atom. The van der Waals surface area contributed by atoms with E-state index in [2.05, 4.69) is 127 Å². The number of halogens is 1. The molecule has 1 N–H and O–H groups in total. The van der Waals surface area contributed by atoms with E-state index in [4.69, 9.17) is 4.74 Å². The number of anilines is 1. The van der Waals surface area contributed by atoms with Gasteiger partial charge in [0.05, 0.1) is 5.70 Å². The standard InChI is InChI=1S/C28H29IN2O/c1-18-27(30-28(32-18)22-10-14-24(15-11-22)31(2)3)16-19-4-6-20(7-5-19)25-17-26(25)21-8-12-23(29)13-9-21/h4-15,25-26,28,30H,16-17H2,1-3H3. The van der Waals surface area contributed by atoms with Crippen LogP contribution in [0.2, 0.25) is 0 Å². The molecule has 3 atom stereocenters. The van der Waals surface area contributed by atoms with Crippen LogP contribution in [0.1, 0.15) is 53.7 Å². The fraction of sp³-hybridized carbons (Fsp3) is 0.286. The number of ether oxygens (including phenoxy) is 1. The molecule has 0 aromatic heterocycles. The number of nitrogens with one attached hydrogen (secondary N) is 1. The molecule has 0 radical (unpaired) electrons. The maximum Gasteiger partial charge on any atom is 0.195 e. The summed E-state index contributed by atoms with van der Waals surface area (Å²) >= 11 is 2.37. The summed E-state index contributed by atoms with van der Waals surface area (Å²) in [5, 5.41) is 3.58. The fourth-order valence-electron chi connectivity index (χ4n) is 4.54. The van der Waals surface area contributed by atoms with Gasteiger partial charge in [-0.15, -0.1) is 0 Å². The molecule has 1 aliphatic carbocycles. The van der Waals surface area contributed by atoms with Gasteiger partial charge in [0.25, 0.3) is 0 Å². The minimum Gasteiger partial charge on any atom is -0.469 e. The summed E-state index contributed by atoms with van der Waals surface area (Å²) in [5.74, 6) is 2.32. The van der Waals surface area contributed by atoms with Crippen molar-refractivity contribution in [2.24, 2.45) is 0 Å². The molecule has 2 aliphatic rings. The predicted octanol–water partition coefficient (Wildman–Crippen LogP) is 6.72. The van der Waals surface area contributed by atoms with Gasteiger partial charge in [-0.1, -0.05) is 48.5 Å². The Hall–Kier alpha value is -2.47. The molecule has 0 amide bonds. The van der Waals surface area contributed by atoms with Crippen LogP contribution in [0.3, 0.4) is 0 Å². The van der Waals surface area contributed by atoms with Crippen molar-refractivity contribution in [1.82, 2.24) is 5.32 Å². The Labute approximate surface area is 204 Å². The third-order valence-electron chi connectivity index (χ3n) is 6.61. The van der Waals surface area contributed by atoms with Gasteiger partial charge in [0, 0.05) is 35.3 Å². The predicted molar refractivity (Wildman–Crippen MR) is 140 cm³/mol. The molecule has 0 bridgehead atoms. The van der Waals surface area contributed by atoms with Crippen molar-refractivity contribution in [3.8, 4) is 0 Å². The first-order valence-corrected chi connectivity index (χ1v) is 12.3. The van der Waals surface area contributed by atoms with Gasteiger partial charge >= 0.3 is 0 Å². The highest BCUT2D eigenvalue weighted by Crippen LogP contribution is 2.54. The van der Waals surface area contributed by atoms with E-state index < -0.39 is 0 Å². The zero-order valence-electron chi connectivity index (χ0n) is 18.8. The highest BCUT2D eigenvalue weighted by molar-refractivity contribution is 14.1.